The summed E-state index contributed by atoms with van der Waals surface area (Å²) in [6.07, 6.45) is 3.78. The van der Waals surface area contributed by atoms with Crippen molar-refractivity contribution in [3.63, 3.8) is 0 Å². The highest BCUT2D eigenvalue weighted by atomic mass is 16.5. The number of nitrogens with one attached hydrogen (secondary N) is 1. The average Bonchev–Trinajstić information content (AvgIpc) is 3.02. The molecular formula is C15H25N5O. The van der Waals surface area contributed by atoms with Gasteiger partial charge in [0.25, 0.3) is 0 Å². The third-order valence-electron chi connectivity index (χ3n) is 3.77. The Morgan fingerprint density at radius 2 is 2.14 bits per heavy atom. The summed E-state index contributed by atoms with van der Waals surface area (Å²) in [6, 6.07) is 0. The molecule has 0 unspecified atom stereocenters. The summed E-state index contributed by atoms with van der Waals surface area (Å²) in [5, 5.41) is 8.05. The molecule has 0 atom stereocenters. The maximum absolute atomic E-state index is 5.05. The van der Waals surface area contributed by atoms with E-state index in [0.717, 1.165) is 38.5 Å². The van der Waals surface area contributed by atoms with E-state index >= 15 is 0 Å². The van der Waals surface area contributed by atoms with E-state index in [9.17, 15) is 0 Å². The Hall–Kier alpha value is -1.66. The van der Waals surface area contributed by atoms with E-state index in [1.165, 1.54) is 17.0 Å². The lowest BCUT2D eigenvalue weighted by molar-refractivity contribution is 0.199. The Kier molecular flexibility index (Phi) is 5.52. The molecule has 0 radical (unpaired) electrons. The van der Waals surface area contributed by atoms with Crippen LogP contribution in [0.3, 0.4) is 0 Å². The molecule has 0 aliphatic heterocycles. The lowest BCUT2D eigenvalue weighted by Gasteiger charge is -2.08. The highest BCUT2D eigenvalue weighted by molar-refractivity contribution is 5.25. The molecule has 0 saturated carbocycles. The molecule has 6 heteroatoms. The summed E-state index contributed by atoms with van der Waals surface area (Å²) >= 11 is 0. The minimum absolute atomic E-state index is 0.724. The fraction of sp³-hybridized carbons (Fsp3) is 0.600. The molecule has 21 heavy (non-hydrogen) atoms. The summed E-state index contributed by atoms with van der Waals surface area (Å²) in [5.41, 5.74) is 4.75. The highest BCUT2D eigenvalue weighted by Crippen LogP contribution is 2.14. The quantitative estimate of drug-likeness (QED) is 0.749. The molecule has 2 heterocycles. The van der Waals surface area contributed by atoms with Crippen LogP contribution in [0.15, 0.2) is 12.5 Å². The second-order valence-corrected chi connectivity index (χ2v) is 5.15. The van der Waals surface area contributed by atoms with Crippen LogP contribution >= 0.6 is 0 Å². The van der Waals surface area contributed by atoms with Crippen LogP contribution in [0.1, 0.15) is 29.6 Å². The number of aromatic nitrogens is 4. The molecule has 6 nitrogen and oxygen atoms in total. The van der Waals surface area contributed by atoms with Crippen molar-refractivity contribution in [1.29, 1.82) is 0 Å². The molecule has 0 spiro atoms. The standard InChI is InChI=1S/C15H25N5O/c1-5-19-11-17-8-14(19)10-20-13(3)15(12(2)18-20)9-16-6-7-21-4/h8,11,16H,5-7,9-10H2,1-4H3. The van der Waals surface area contributed by atoms with Gasteiger partial charge in [-0.15, -0.1) is 0 Å². The van der Waals surface area contributed by atoms with Gasteiger partial charge in [0.1, 0.15) is 0 Å². The Balaban J connectivity index is 2.08. The Labute approximate surface area is 126 Å². The predicted octanol–water partition coefficient (Wildman–Crippen LogP) is 1.50. The third-order valence-corrected chi connectivity index (χ3v) is 3.77. The molecule has 2 aromatic heterocycles. The summed E-state index contributed by atoms with van der Waals surface area (Å²) in [6.45, 7) is 10.4. The van der Waals surface area contributed by atoms with Crippen molar-refractivity contribution < 1.29 is 4.74 Å². The molecule has 0 bridgehead atoms. The van der Waals surface area contributed by atoms with Gasteiger partial charge < -0.3 is 14.6 Å². The lowest BCUT2D eigenvalue weighted by Crippen LogP contribution is -2.19. The molecule has 1 N–H and O–H groups in total. The van der Waals surface area contributed by atoms with Crippen molar-refractivity contribution in [2.45, 2.75) is 40.4 Å². The van der Waals surface area contributed by atoms with Gasteiger partial charge in [0, 0.05) is 38.0 Å². The van der Waals surface area contributed by atoms with Gasteiger partial charge >= 0.3 is 0 Å². The van der Waals surface area contributed by atoms with Crippen LogP contribution in [-0.4, -0.2) is 39.6 Å². The van der Waals surface area contributed by atoms with Crippen molar-refractivity contribution in [3.05, 3.63) is 35.2 Å². The van der Waals surface area contributed by atoms with Crippen molar-refractivity contribution in [1.82, 2.24) is 24.6 Å². The van der Waals surface area contributed by atoms with Crippen LogP contribution in [0.4, 0.5) is 0 Å². The smallest absolute Gasteiger partial charge is 0.0948 e. The molecule has 0 saturated heterocycles. The van der Waals surface area contributed by atoms with Gasteiger partial charge in [0.2, 0.25) is 0 Å². The second-order valence-electron chi connectivity index (χ2n) is 5.15. The highest BCUT2D eigenvalue weighted by Gasteiger charge is 2.12. The number of rotatable bonds is 8. The topological polar surface area (TPSA) is 56.9 Å². The Bertz CT molecular complexity index is 573. The van der Waals surface area contributed by atoms with Crippen molar-refractivity contribution in [2.75, 3.05) is 20.3 Å². The van der Waals surface area contributed by atoms with Gasteiger partial charge in [0.05, 0.1) is 37.1 Å². The van der Waals surface area contributed by atoms with E-state index in [1.54, 1.807) is 7.11 Å². The lowest BCUT2D eigenvalue weighted by atomic mass is 10.2. The van der Waals surface area contributed by atoms with Crippen molar-refractivity contribution >= 4 is 0 Å². The van der Waals surface area contributed by atoms with E-state index in [-0.39, 0.29) is 0 Å². The van der Waals surface area contributed by atoms with Gasteiger partial charge in [-0.1, -0.05) is 0 Å². The summed E-state index contributed by atoms with van der Waals surface area (Å²) in [7, 11) is 1.72. The molecule has 2 rings (SSSR count). The first-order valence-corrected chi connectivity index (χ1v) is 7.38. The van der Waals surface area contributed by atoms with Crippen molar-refractivity contribution in [2.24, 2.45) is 0 Å². The van der Waals surface area contributed by atoms with E-state index in [0.29, 0.717) is 0 Å². The summed E-state index contributed by atoms with van der Waals surface area (Å²) in [5.74, 6) is 0. The number of hydrogen-bond donors (Lipinski definition) is 1. The normalized spacial score (nSPS) is 11.2. The maximum atomic E-state index is 5.05. The van der Waals surface area contributed by atoms with E-state index in [2.05, 4.69) is 45.4 Å². The predicted molar refractivity (Wildman–Crippen MR) is 82.3 cm³/mol. The fourth-order valence-electron chi connectivity index (χ4n) is 2.45. The zero-order valence-corrected chi connectivity index (χ0v) is 13.4. The first kappa shape index (κ1) is 15.7. The third kappa shape index (κ3) is 3.71. The molecule has 116 valence electrons. The van der Waals surface area contributed by atoms with Gasteiger partial charge in [-0.25, -0.2) is 4.98 Å². The number of imidazole rings is 1. The fourth-order valence-corrected chi connectivity index (χ4v) is 2.45. The molecule has 0 aromatic carbocycles. The molecule has 0 amide bonds. The molecule has 0 aliphatic carbocycles. The zero-order valence-electron chi connectivity index (χ0n) is 13.4. The largest absolute Gasteiger partial charge is 0.383 e. The van der Waals surface area contributed by atoms with Gasteiger partial charge in [-0.05, 0) is 20.8 Å². The van der Waals surface area contributed by atoms with E-state index < -0.39 is 0 Å². The van der Waals surface area contributed by atoms with Crippen LogP contribution in [0.5, 0.6) is 0 Å². The number of methoxy groups -OCH3 is 1. The molecule has 0 aliphatic rings. The van der Waals surface area contributed by atoms with Gasteiger partial charge in [0.15, 0.2) is 0 Å². The monoisotopic (exact) mass is 291 g/mol. The Morgan fingerprint density at radius 1 is 1.33 bits per heavy atom. The van der Waals surface area contributed by atoms with E-state index in [4.69, 9.17) is 4.74 Å². The number of nitrogens with zero attached hydrogens (tertiary/aromatic N) is 4. The molecular weight excluding hydrogens is 266 g/mol. The SMILES string of the molecule is CCn1cncc1Cn1nc(C)c(CNCCOC)c1C. The van der Waals surface area contributed by atoms with Crippen LogP contribution in [0.25, 0.3) is 0 Å². The average molecular weight is 291 g/mol. The number of ether oxygens (including phenoxy) is 1. The molecule has 0 fully saturated rings. The maximum Gasteiger partial charge on any atom is 0.0948 e. The Morgan fingerprint density at radius 3 is 2.86 bits per heavy atom. The first-order chi connectivity index (χ1) is 10.2. The van der Waals surface area contributed by atoms with Crippen LogP contribution < -0.4 is 5.32 Å². The van der Waals surface area contributed by atoms with Crippen molar-refractivity contribution in [3.8, 4) is 0 Å². The summed E-state index contributed by atoms with van der Waals surface area (Å²) < 4.78 is 9.26. The van der Waals surface area contributed by atoms with E-state index in [1.807, 2.05) is 12.5 Å². The van der Waals surface area contributed by atoms with Crippen LogP contribution in [0, 0.1) is 13.8 Å². The second kappa shape index (κ2) is 7.38. The van der Waals surface area contributed by atoms with Crippen LogP contribution in [0.2, 0.25) is 0 Å². The number of hydrogen-bond acceptors (Lipinski definition) is 4. The number of aryl methyl sites for hydroxylation is 2. The zero-order chi connectivity index (χ0) is 15.2. The van der Waals surface area contributed by atoms with Crippen LogP contribution in [-0.2, 0) is 24.4 Å². The van der Waals surface area contributed by atoms with Gasteiger partial charge in [-0.2, -0.15) is 5.10 Å². The summed E-state index contributed by atoms with van der Waals surface area (Å²) in [4.78, 5) is 4.21. The van der Waals surface area contributed by atoms with Gasteiger partial charge in [-0.3, -0.25) is 4.68 Å². The minimum atomic E-state index is 0.724. The first-order valence-electron chi connectivity index (χ1n) is 7.38. The minimum Gasteiger partial charge on any atom is -0.383 e. The molecule has 2 aromatic rings.